The SMILES string of the molecule is C=C/C(=C\C=C/C)N(N)/C(C)=C(\C)C(=O)NC(C(=O)N(CC)C(CCC)C(=O)NCC(=O)C(F)(F)F)C(C)C. The summed E-state index contributed by atoms with van der Waals surface area (Å²) in [5.41, 5.74) is 1.17. The van der Waals surface area contributed by atoms with E-state index >= 15 is 0 Å². The molecule has 0 aliphatic heterocycles. The number of alkyl halides is 3. The van der Waals surface area contributed by atoms with Gasteiger partial charge in [0.2, 0.25) is 17.7 Å². The third-order valence-corrected chi connectivity index (χ3v) is 6.01. The maximum absolute atomic E-state index is 13.6. The summed E-state index contributed by atoms with van der Waals surface area (Å²) < 4.78 is 37.7. The van der Waals surface area contributed by atoms with Gasteiger partial charge in [0, 0.05) is 17.8 Å². The van der Waals surface area contributed by atoms with E-state index < -0.39 is 54.2 Å². The molecule has 220 valence electrons. The molecule has 0 aromatic carbocycles. The van der Waals surface area contributed by atoms with Crippen LogP contribution in [0.1, 0.15) is 61.3 Å². The first-order valence-electron chi connectivity index (χ1n) is 12.8. The number of Topliss-reactive ketones (excluding diaryl/α,β-unsaturated/α-hetero) is 1. The molecule has 0 rings (SSSR count). The summed E-state index contributed by atoms with van der Waals surface area (Å²) in [6, 6.07) is -2.18. The normalized spacial score (nSPS) is 14.4. The summed E-state index contributed by atoms with van der Waals surface area (Å²) in [4.78, 5) is 51.9. The molecule has 0 heterocycles. The van der Waals surface area contributed by atoms with E-state index in [-0.39, 0.29) is 18.5 Å². The van der Waals surface area contributed by atoms with E-state index in [2.05, 4.69) is 11.9 Å². The fraction of sp³-hybridized carbons (Fsp3) is 0.556. The Morgan fingerprint density at radius 1 is 1.10 bits per heavy atom. The highest BCUT2D eigenvalue weighted by molar-refractivity contribution is 5.98. The van der Waals surface area contributed by atoms with Gasteiger partial charge in [-0.3, -0.25) is 24.2 Å². The number of halogens is 3. The Hall–Kier alpha value is -3.41. The van der Waals surface area contributed by atoms with E-state index in [1.165, 1.54) is 16.0 Å². The van der Waals surface area contributed by atoms with Crippen LogP contribution in [0.25, 0.3) is 0 Å². The van der Waals surface area contributed by atoms with E-state index in [0.29, 0.717) is 17.8 Å². The number of likely N-dealkylation sites (N-methyl/N-ethyl adjacent to an activating group) is 1. The average Bonchev–Trinajstić information content (AvgIpc) is 2.88. The molecule has 2 atom stereocenters. The largest absolute Gasteiger partial charge is 0.451 e. The summed E-state index contributed by atoms with van der Waals surface area (Å²) in [5.74, 6) is 1.65. The highest BCUT2D eigenvalue weighted by Crippen LogP contribution is 2.18. The molecule has 0 fully saturated rings. The van der Waals surface area contributed by atoms with E-state index in [4.69, 9.17) is 5.84 Å². The minimum absolute atomic E-state index is 0.0477. The summed E-state index contributed by atoms with van der Waals surface area (Å²) in [5, 5.41) is 5.99. The quantitative estimate of drug-likeness (QED) is 0.123. The highest BCUT2D eigenvalue weighted by atomic mass is 19.4. The van der Waals surface area contributed by atoms with Gasteiger partial charge in [-0.25, -0.2) is 5.84 Å². The van der Waals surface area contributed by atoms with Crippen molar-refractivity contribution in [2.24, 2.45) is 11.8 Å². The number of nitrogens with two attached hydrogens (primary N) is 1. The monoisotopic (exact) mass is 557 g/mol. The van der Waals surface area contributed by atoms with Gasteiger partial charge < -0.3 is 15.5 Å². The molecule has 9 nitrogen and oxygen atoms in total. The Labute approximate surface area is 229 Å². The number of nitrogens with one attached hydrogen (secondary N) is 2. The van der Waals surface area contributed by atoms with Crippen LogP contribution in [0.3, 0.4) is 0 Å². The van der Waals surface area contributed by atoms with E-state index in [1.54, 1.807) is 59.8 Å². The summed E-state index contributed by atoms with van der Waals surface area (Å²) in [6.45, 7) is 14.3. The maximum Gasteiger partial charge on any atom is 0.451 e. The second-order valence-corrected chi connectivity index (χ2v) is 9.16. The number of hydrogen-bond acceptors (Lipinski definition) is 6. The molecule has 2 unspecified atom stereocenters. The van der Waals surface area contributed by atoms with Crippen molar-refractivity contribution in [1.82, 2.24) is 20.5 Å². The summed E-state index contributed by atoms with van der Waals surface area (Å²) in [7, 11) is 0. The highest BCUT2D eigenvalue weighted by Gasteiger charge is 2.39. The Kier molecular flexibility index (Phi) is 15.1. The molecule has 0 aliphatic rings. The lowest BCUT2D eigenvalue weighted by atomic mass is 9.99. The fourth-order valence-corrected chi connectivity index (χ4v) is 3.54. The van der Waals surface area contributed by atoms with Crippen LogP contribution in [0.4, 0.5) is 13.2 Å². The van der Waals surface area contributed by atoms with Crippen molar-refractivity contribution in [3.8, 4) is 0 Å². The van der Waals surface area contributed by atoms with Crippen LogP contribution >= 0.6 is 0 Å². The van der Waals surface area contributed by atoms with Crippen LogP contribution in [0.2, 0.25) is 0 Å². The predicted octanol–water partition coefficient (Wildman–Crippen LogP) is 3.51. The van der Waals surface area contributed by atoms with Gasteiger partial charge in [-0.2, -0.15) is 13.2 Å². The number of amides is 3. The minimum atomic E-state index is -5.08. The first-order valence-corrected chi connectivity index (χ1v) is 12.8. The molecule has 0 radical (unpaired) electrons. The zero-order valence-electron chi connectivity index (χ0n) is 23.8. The predicted molar refractivity (Wildman–Crippen MR) is 144 cm³/mol. The molecule has 0 spiro atoms. The van der Waals surface area contributed by atoms with Gasteiger partial charge in [0.15, 0.2) is 0 Å². The second-order valence-electron chi connectivity index (χ2n) is 9.16. The van der Waals surface area contributed by atoms with E-state index in [1.807, 2.05) is 12.2 Å². The molecule has 0 saturated carbocycles. The van der Waals surface area contributed by atoms with Crippen molar-refractivity contribution >= 4 is 23.5 Å². The van der Waals surface area contributed by atoms with Gasteiger partial charge in [0.05, 0.1) is 12.2 Å². The van der Waals surface area contributed by atoms with E-state index in [9.17, 15) is 32.3 Å². The van der Waals surface area contributed by atoms with Crippen LogP contribution in [0.15, 0.2) is 47.9 Å². The molecular formula is C27H42F3N5O4. The van der Waals surface area contributed by atoms with Crippen molar-refractivity contribution in [2.75, 3.05) is 13.1 Å². The van der Waals surface area contributed by atoms with Crippen molar-refractivity contribution in [3.63, 3.8) is 0 Å². The van der Waals surface area contributed by atoms with Gasteiger partial charge in [0.1, 0.15) is 12.1 Å². The molecule has 0 aromatic heterocycles. The molecule has 0 bridgehead atoms. The Morgan fingerprint density at radius 2 is 1.69 bits per heavy atom. The molecule has 0 saturated heterocycles. The topological polar surface area (TPSA) is 125 Å². The summed E-state index contributed by atoms with van der Waals surface area (Å²) in [6.07, 6.45) is 2.29. The average molecular weight is 558 g/mol. The summed E-state index contributed by atoms with van der Waals surface area (Å²) >= 11 is 0. The number of carbonyl (C=O) groups is 4. The second kappa shape index (κ2) is 16.5. The zero-order valence-corrected chi connectivity index (χ0v) is 23.8. The first-order chi connectivity index (χ1) is 18.1. The van der Waals surface area contributed by atoms with Gasteiger partial charge in [-0.15, -0.1) is 0 Å². The number of allylic oxidation sites excluding steroid dienone is 5. The van der Waals surface area contributed by atoms with Crippen molar-refractivity contribution in [2.45, 2.75) is 79.6 Å². The molecular weight excluding hydrogens is 515 g/mol. The number of carbonyl (C=O) groups excluding carboxylic acids is 4. The lowest BCUT2D eigenvalue weighted by Gasteiger charge is -2.34. The zero-order chi connectivity index (χ0) is 30.5. The standard InChI is InChI=1S/C27H42F3N5O4/c1-9-13-15-20(11-3)35(31)19(8)18(7)24(37)33-23(17(5)6)26(39)34(12-4)21(14-10-2)25(38)32-16-22(36)27(28,29)30/h9,11,13,15,17,21,23H,3,10,12,14,16,31H2,1-2,4-8H3,(H,32,38)(H,33,37)/b13-9-,19-18+,20-15+. The van der Waals surface area contributed by atoms with Crippen LogP contribution in [0.5, 0.6) is 0 Å². The number of nitrogens with zero attached hydrogens (tertiary/aromatic N) is 2. The van der Waals surface area contributed by atoms with Gasteiger partial charge in [-0.1, -0.05) is 45.9 Å². The molecule has 0 aromatic rings. The Morgan fingerprint density at radius 3 is 2.13 bits per heavy atom. The van der Waals surface area contributed by atoms with Crippen LogP contribution in [-0.4, -0.2) is 64.8 Å². The maximum atomic E-state index is 13.6. The minimum Gasteiger partial charge on any atom is -0.347 e. The first kappa shape index (κ1) is 35.6. The Balaban J connectivity index is 6.00. The third kappa shape index (κ3) is 10.7. The molecule has 0 aliphatic carbocycles. The van der Waals surface area contributed by atoms with Gasteiger partial charge >= 0.3 is 6.18 Å². The van der Waals surface area contributed by atoms with E-state index in [0.717, 1.165) is 0 Å². The number of ketones is 1. The smallest absolute Gasteiger partial charge is 0.347 e. The number of hydrogen-bond donors (Lipinski definition) is 3. The lowest BCUT2D eigenvalue weighted by Crippen LogP contribution is -2.57. The van der Waals surface area contributed by atoms with Gasteiger partial charge in [0.25, 0.3) is 5.78 Å². The van der Waals surface area contributed by atoms with Gasteiger partial charge in [-0.05, 0) is 52.2 Å². The van der Waals surface area contributed by atoms with Crippen molar-refractivity contribution in [3.05, 3.63) is 47.9 Å². The molecule has 3 amide bonds. The van der Waals surface area contributed by atoms with Crippen LogP contribution in [-0.2, 0) is 19.2 Å². The van der Waals surface area contributed by atoms with Crippen molar-refractivity contribution < 1.29 is 32.3 Å². The number of rotatable bonds is 15. The molecule has 4 N–H and O–H groups in total. The number of hydrazine groups is 1. The third-order valence-electron chi connectivity index (χ3n) is 6.01. The molecule has 39 heavy (non-hydrogen) atoms. The van der Waals surface area contributed by atoms with Crippen LogP contribution in [0, 0.1) is 5.92 Å². The van der Waals surface area contributed by atoms with Crippen LogP contribution < -0.4 is 16.5 Å². The Bertz CT molecular complexity index is 986. The molecule has 12 heteroatoms. The van der Waals surface area contributed by atoms with Crippen molar-refractivity contribution in [1.29, 1.82) is 0 Å². The lowest BCUT2D eigenvalue weighted by molar-refractivity contribution is -0.170. The fourth-order valence-electron chi connectivity index (χ4n) is 3.54.